The van der Waals surface area contributed by atoms with E-state index in [-0.39, 0.29) is 28.4 Å². The van der Waals surface area contributed by atoms with Gasteiger partial charge in [0.15, 0.2) is 0 Å². The average Bonchev–Trinajstić information content (AvgIpc) is 3.03. The van der Waals surface area contributed by atoms with E-state index in [9.17, 15) is 28.1 Å². The molecule has 0 saturated heterocycles. The van der Waals surface area contributed by atoms with Crippen LogP contribution in [0.5, 0.6) is 5.75 Å². The van der Waals surface area contributed by atoms with Crippen molar-refractivity contribution >= 4 is 54.5 Å². The van der Waals surface area contributed by atoms with Gasteiger partial charge < -0.3 is 14.6 Å². The maximum atomic E-state index is 13.2. The van der Waals surface area contributed by atoms with Gasteiger partial charge in [-0.1, -0.05) is 18.3 Å². The summed E-state index contributed by atoms with van der Waals surface area (Å²) in [6.45, 7) is 1.62. The van der Waals surface area contributed by atoms with Gasteiger partial charge in [-0.15, -0.1) is 0 Å². The van der Waals surface area contributed by atoms with Crippen molar-refractivity contribution < 1.29 is 22.9 Å². The number of sulfonamides is 1. The van der Waals surface area contributed by atoms with Crippen LogP contribution in [0.3, 0.4) is 0 Å². The molecule has 0 bridgehead atoms. The highest BCUT2D eigenvalue weighted by Crippen LogP contribution is 2.36. The lowest BCUT2D eigenvalue weighted by molar-refractivity contribution is -0.384. The summed E-state index contributed by atoms with van der Waals surface area (Å²) in [4.78, 5) is 35.5. The Morgan fingerprint density at radius 1 is 1.30 bits per heavy atom. The van der Waals surface area contributed by atoms with Crippen LogP contribution >= 0.6 is 11.3 Å². The van der Waals surface area contributed by atoms with Gasteiger partial charge in [-0.05, 0) is 30.7 Å². The summed E-state index contributed by atoms with van der Waals surface area (Å²) >= 11 is 1.02. The van der Waals surface area contributed by atoms with Crippen LogP contribution in [0.2, 0.25) is 0 Å². The number of thiazole rings is 1. The molecule has 1 amide bonds. The fraction of sp³-hybridized carbons (Fsp3) is 0.300. The number of aromatic nitrogens is 1. The van der Waals surface area contributed by atoms with Crippen molar-refractivity contribution in [1.29, 1.82) is 0 Å². The molecule has 0 spiro atoms. The van der Waals surface area contributed by atoms with Gasteiger partial charge in [-0.3, -0.25) is 24.0 Å². The van der Waals surface area contributed by atoms with Crippen molar-refractivity contribution in [2.45, 2.75) is 19.4 Å². The van der Waals surface area contributed by atoms with Gasteiger partial charge in [0.25, 0.3) is 5.69 Å². The van der Waals surface area contributed by atoms with Crippen molar-refractivity contribution in [3.63, 3.8) is 0 Å². The molecule has 0 aliphatic rings. The van der Waals surface area contributed by atoms with Crippen molar-refractivity contribution in [2.24, 2.45) is 7.05 Å². The Morgan fingerprint density at radius 2 is 2.00 bits per heavy atom. The first-order chi connectivity index (χ1) is 15.5. The average molecular weight is 495 g/mol. The molecule has 33 heavy (non-hydrogen) atoms. The standard InChI is InChI=1S/C20H22N4O7S2/c1-5-14(19(25)21-12-6-8-15-18(10-12)32-20(26)22(15)2)23(33(4,29)30)16-11-13(24(27)28)7-9-17(16)31-3/h6-11,14H,5H2,1-4H3,(H,21,25). The van der Waals surface area contributed by atoms with Crippen molar-refractivity contribution in [2.75, 3.05) is 23.0 Å². The predicted molar refractivity (Wildman–Crippen MR) is 127 cm³/mol. The summed E-state index contributed by atoms with van der Waals surface area (Å²) in [6, 6.07) is 7.22. The zero-order valence-corrected chi connectivity index (χ0v) is 19.9. The minimum absolute atomic E-state index is 0.0627. The quantitative estimate of drug-likeness (QED) is 0.375. The smallest absolute Gasteiger partial charge is 0.307 e. The third-order valence-electron chi connectivity index (χ3n) is 5.00. The van der Waals surface area contributed by atoms with E-state index in [1.807, 2.05) is 0 Å². The Labute approximate surface area is 193 Å². The lowest BCUT2D eigenvalue weighted by Crippen LogP contribution is -2.47. The number of nitro benzene ring substituents is 1. The number of rotatable bonds is 8. The van der Waals surface area contributed by atoms with Gasteiger partial charge in [-0.2, -0.15) is 0 Å². The first-order valence-corrected chi connectivity index (χ1v) is 12.4. The SMILES string of the molecule is CCC(C(=O)Nc1ccc2c(c1)sc(=O)n2C)N(c1cc([N+](=O)[O-])ccc1OC)S(C)(=O)=O. The number of aryl methyl sites for hydroxylation is 1. The lowest BCUT2D eigenvalue weighted by Gasteiger charge is -2.30. The summed E-state index contributed by atoms with van der Waals surface area (Å²) in [5, 5.41) is 14.0. The Morgan fingerprint density at radius 3 is 2.58 bits per heavy atom. The predicted octanol–water partition coefficient (Wildman–Crippen LogP) is 2.70. The lowest BCUT2D eigenvalue weighted by atomic mass is 10.1. The second-order valence-corrected chi connectivity index (χ2v) is 10.0. The molecular weight excluding hydrogens is 472 g/mol. The number of methoxy groups -OCH3 is 1. The first kappa shape index (κ1) is 24.2. The van der Waals surface area contributed by atoms with Crippen molar-refractivity contribution in [3.05, 3.63) is 56.2 Å². The van der Waals surface area contributed by atoms with Crippen LogP contribution in [0, 0.1) is 10.1 Å². The largest absolute Gasteiger partial charge is 0.495 e. The molecule has 0 radical (unpaired) electrons. The molecular formula is C20H22N4O7S2. The highest BCUT2D eigenvalue weighted by Gasteiger charge is 2.34. The van der Waals surface area contributed by atoms with Gasteiger partial charge >= 0.3 is 4.87 Å². The van der Waals surface area contributed by atoms with E-state index in [1.54, 1.807) is 32.2 Å². The van der Waals surface area contributed by atoms with Crippen LogP contribution < -0.4 is 19.2 Å². The topological polar surface area (TPSA) is 141 Å². The monoisotopic (exact) mass is 494 g/mol. The van der Waals surface area contributed by atoms with Crippen molar-refractivity contribution in [3.8, 4) is 5.75 Å². The zero-order chi connectivity index (χ0) is 24.5. The molecule has 1 heterocycles. The third kappa shape index (κ3) is 4.83. The number of carbonyl (C=O) groups excluding carboxylic acids is 1. The number of nitrogens with zero attached hydrogens (tertiary/aromatic N) is 3. The molecule has 2 aromatic carbocycles. The molecule has 0 aliphatic carbocycles. The number of hydrogen-bond acceptors (Lipinski definition) is 8. The normalized spacial score (nSPS) is 12.4. The molecule has 1 unspecified atom stereocenters. The molecule has 0 aliphatic heterocycles. The number of nitro groups is 1. The summed E-state index contributed by atoms with van der Waals surface area (Å²) in [5.41, 5.74) is 0.619. The Hall–Kier alpha value is -3.45. The number of anilines is 2. The molecule has 13 heteroatoms. The molecule has 176 valence electrons. The second-order valence-electron chi connectivity index (χ2n) is 7.19. The van der Waals surface area contributed by atoms with Crippen LogP contribution in [-0.4, -0.2) is 43.2 Å². The molecule has 0 fully saturated rings. The van der Waals surface area contributed by atoms with E-state index in [1.165, 1.54) is 23.8 Å². The van der Waals surface area contributed by atoms with Crippen molar-refractivity contribution in [1.82, 2.24) is 4.57 Å². The van der Waals surface area contributed by atoms with Gasteiger partial charge in [0.1, 0.15) is 17.5 Å². The number of nitrogens with one attached hydrogen (secondary N) is 1. The highest BCUT2D eigenvalue weighted by atomic mass is 32.2. The maximum absolute atomic E-state index is 13.2. The third-order valence-corrected chi connectivity index (χ3v) is 7.16. The van der Waals surface area contributed by atoms with E-state index in [0.717, 1.165) is 28.0 Å². The molecule has 11 nitrogen and oxygen atoms in total. The Bertz CT molecular complexity index is 1400. The van der Waals surface area contributed by atoms with E-state index < -0.39 is 26.9 Å². The highest BCUT2D eigenvalue weighted by molar-refractivity contribution is 7.92. The number of fused-ring (bicyclic) bond motifs is 1. The molecule has 1 N–H and O–H groups in total. The van der Waals surface area contributed by atoms with Crippen LogP contribution in [0.1, 0.15) is 13.3 Å². The van der Waals surface area contributed by atoms with E-state index in [2.05, 4.69) is 5.32 Å². The first-order valence-electron chi connectivity index (χ1n) is 9.70. The van der Waals surface area contributed by atoms with Crippen LogP contribution in [-0.2, 0) is 21.9 Å². The fourth-order valence-electron chi connectivity index (χ4n) is 3.44. The minimum atomic E-state index is -4.05. The fourth-order valence-corrected chi connectivity index (χ4v) is 5.56. The van der Waals surface area contributed by atoms with Gasteiger partial charge in [0, 0.05) is 24.9 Å². The molecule has 3 aromatic rings. The number of non-ortho nitro benzene ring substituents is 1. The van der Waals surface area contributed by atoms with Gasteiger partial charge in [0.2, 0.25) is 15.9 Å². The van der Waals surface area contributed by atoms with Gasteiger partial charge in [-0.25, -0.2) is 8.42 Å². The zero-order valence-electron chi connectivity index (χ0n) is 18.3. The summed E-state index contributed by atoms with van der Waals surface area (Å²) in [5.74, 6) is -0.577. The van der Waals surface area contributed by atoms with E-state index >= 15 is 0 Å². The Balaban J connectivity index is 2.04. The van der Waals surface area contributed by atoms with E-state index in [4.69, 9.17) is 4.74 Å². The number of benzene rings is 2. The number of ether oxygens (including phenoxy) is 1. The number of hydrogen-bond donors (Lipinski definition) is 1. The number of amides is 1. The molecule has 0 saturated carbocycles. The Kier molecular flexibility index (Phi) is 6.74. The maximum Gasteiger partial charge on any atom is 0.307 e. The van der Waals surface area contributed by atoms with Crippen LogP contribution in [0.25, 0.3) is 10.2 Å². The van der Waals surface area contributed by atoms with Crippen LogP contribution in [0.15, 0.2) is 41.2 Å². The number of carbonyl (C=O) groups is 1. The summed E-state index contributed by atoms with van der Waals surface area (Å²) in [6.07, 6.45) is 0.986. The summed E-state index contributed by atoms with van der Waals surface area (Å²) < 4.78 is 33.7. The molecule has 1 atom stereocenters. The van der Waals surface area contributed by atoms with Gasteiger partial charge in [0.05, 0.1) is 28.5 Å². The second kappa shape index (κ2) is 9.19. The van der Waals surface area contributed by atoms with Crippen LogP contribution in [0.4, 0.5) is 17.1 Å². The molecule has 1 aromatic heterocycles. The summed E-state index contributed by atoms with van der Waals surface area (Å²) in [7, 11) is -1.11. The minimum Gasteiger partial charge on any atom is -0.495 e. The molecule has 3 rings (SSSR count). The van der Waals surface area contributed by atoms with E-state index in [0.29, 0.717) is 15.9 Å².